The quantitative estimate of drug-likeness (QED) is 0.535. The Morgan fingerprint density at radius 1 is 1.50 bits per heavy atom. The van der Waals surface area contributed by atoms with Crippen LogP contribution in [0.25, 0.3) is 11.0 Å². The summed E-state index contributed by atoms with van der Waals surface area (Å²) in [5.74, 6) is 0.503. The fraction of sp³-hybridized carbons (Fsp3) is 0.125. The molecular formula is C8H7ClN2S. The molecule has 1 aromatic heterocycles. The first-order chi connectivity index (χ1) is 5.81. The molecule has 0 bridgehead atoms. The van der Waals surface area contributed by atoms with Gasteiger partial charge in [0.2, 0.25) is 0 Å². The summed E-state index contributed by atoms with van der Waals surface area (Å²) in [6, 6.07) is 3.91. The maximum absolute atomic E-state index is 5.70. The maximum Gasteiger partial charge on any atom is 0.102 e. The zero-order valence-corrected chi connectivity index (χ0v) is 7.86. The summed E-state index contributed by atoms with van der Waals surface area (Å²) in [7, 11) is 0. The minimum absolute atomic E-state index is 0.503. The molecule has 0 fully saturated rings. The van der Waals surface area contributed by atoms with E-state index in [2.05, 4.69) is 22.6 Å². The molecule has 2 aromatic rings. The normalized spacial score (nSPS) is 10.8. The number of halogens is 1. The van der Waals surface area contributed by atoms with Gasteiger partial charge in [-0.15, -0.1) is 24.2 Å². The van der Waals surface area contributed by atoms with Crippen LogP contribution in [0.5, 0.6) is 0 Å². The molecule has 0 unspecified atom stereocenters. The molecule has 1 N–H and O–H groups in total. The molecule has 4 heteroatoms. The summed E-state index contributed by atoms with van der Waals surface area (Å²) in [4.78, 5) is 8.00. The van der Waals surface area contributed by atoms with Crippen LogP contribution in [-0.2, 0) is 5.88 Å². The summed E-state index contributed by atoms with van der Waals surface area (Å²) in [5.41, 5.74) is 2.93. The van der Waals surface area contributed by atoms with E-state index in [1.807, 2.05) is 12.1 Å². The minimum atomic E-state index is 0.503. The Labute approximate surface area is 80.4 Å². The Morgan fingerprint density at radius 2 is 2.33 bits per heavy atom. The fourth-order valence-electron chi connectivity index (χ4n) is 1.17. The molecule has 0 aliphatic rings. The molecule has 2 rings (SSSR count). The molecule has 0 saturated heterocycles. The van der Waals surface area contributed by atoms with Gasteiger partial charge in [0.05, 0.1) is 11.8 Å². The van der Waals surface area contributed by atoms with Crippen molar-refractivity contribution in [3.05, 3.63) is 24.0 Å². The largest absolute Gasteiger partial charge is 0.345 e. The van der Waals surface area contributed by atoms with Gasteiger partial charge in [0, 0.05) is 10.8 Å². The summed E-state index contributed by atoms with van der Waals surface area (Å²) in [5, 5.41) is 0. The number of nitrogens with zero attached hydrogens (tertiary/aromatic N) is 1. The highest BCUT2D eigenvalue weighted by atomic mass is 35.5. The standard InChI is InChI=1S/C8H7ClN2S/c9-3-5-1-6-8(7(12)2-5)11-4-10-6/h1-2,4,12H,3H2,(H,10,11). The lowest BCUT2D eigenvalue weighted by Gasteiger charge is -1.97. The molecular weight excluding hydrogens is 192 g/mol. The number of fused-ring (bicyclic) bond motifs is 1. The highest BCUT2D eigenvalue weighted by Gasteiger charge is 2.02. The molecule has 1 heterocycles. The molecule has 0 saturated carbocycles. The predicted molar refractivity (Wildman–Crippen MR) is 52.9 cm³/mol. The number of imidazole rings is 1. The van der Waals surface area contributed by atoms with Gasteiger partial charge in [-0.2, -0.15) is 0 Å². The lowest BCUT2D eigenvalue weighted by molar-refractivity contribution is 1.33. The number of rotatable bonds is 1. The molecule has 0 aliphatic heterocycles. The number of aromatic amines is 1. The van der Waals surface area contributed by atoms with Crippen LogP contribution in [-0.4, -0.2) is 9.97 Å². The van der Waals surface area contributed by atoms with Crippen LogP contribution in [0.1, 0.15) is 5.56 Å². The number of alkyl halides is 1. The molecule has 0 atom stereocenters. The Balaban J connectivity index is 2.75. The van der Waals surface area contributed by atoms with E-state index in [9.17, 15) is 0 Å². The van der Waals surface area contributed by atoms with Crippen molar-refractivity contribution in [2.24, 2.45) is 0 Å². The van der Waals surface area contributed by atoms with Crippen molar-refractivity contribution in [1.82, 2.24) is 9.97 Å². The Kier molecular flexibility index (Phi) is 1.98. The van der Waals surface area contributed by atoms with Crippen molar-refractivity contribution in [1.29, 1.82) is 0 Å². The number of aromatic nitrogens is 2. The first kappa shape index (κ1) is 7.95. The second-order valence-electron chi connectivity index (χ2n) is 2.55. The third-order valence-corrected chi connectivity index (χ3v) is 2.37. The lowest BCUT2D eigenvalue weighted by Crippen LogP contribution is -1.80. The molecule has 12 heavy (non-hydrogen) atoms. The molecule has 0 aliphatic carbocycles. The second kappa shape index (κ2) is 2.99. The number of thiol groups is 1. The van der Waals surface area contributed by atoms with Crippen LogP contribution in [0.3, 0.4) is 0 Å². The zero-order valence-electron chi connectivity index (χ0n) is 6.21. The van der Waals surface area contributed by atoms with E-state index >= 15 is 0 Å². The van der Waals surface area contributed by atoms with E-state index in [-0.39, 0.29) is 0 Å². The Hall–Kier alpha value is -0.670. The van der Waals surface area contributed by atoms with Crippen molar-refractivity contribution in [3.63, 3.8) is 0 Å². The number of H-pyrrole nitrogens is 1. The first-order valence-corrected chi connectivity index (χ1v) is 4.50. The molecule has 1 aromatic carbocycles. The molecule has 0 amide bonds. The van der Waals surface area contributed by atoms with Crippen LogP contribution >= 0.6 is 24.2 Å². The van der Waals surface area contributed by atoms with Crippen molar-refractivity contribution in [3.8, 4) is 0 Å². The summed E-state index contributed by atoms with van der Waals surface area (Å²) in [6.07, 6.45) is 1.66. The van der Waals surface area contributed by atoms with Crippen molar-refractivity contribution < 1.29 is 0 Å². The van der Waals surface area contributed by atoms with Crippen molar-refractivity contribution >= 4 is 35.3 Å². The maximum atomic E-state index is 5.70. The highest BCUT2D eigenvalue weighted by molar-refractivity contribution is 7.80. The zero-order chi connectivity index (χ0) is 8.55. The Bertz CT molecular complexity index is 410. The van der Waals surface area contributed by atoms with E-state index in [0.29, 0.717) is 5.88 Å². The van der Waals surface area contributed by atoms with Crippen molar-refractivity contribution in [2.75, 3.05) is 0 Å². The third-order valence-electron chi connectivity index (χ3n) is 1.72. The topological polar surface area (TPSA) is 28.7 Å². The number of hydrogen-bond donors (Lipinski definition) is 2. The van der Waals surface area contributed by atoms with Gasteiger partial charge in [-0.1, -0.05) is 0 Å². The Morgan fingerprint density at radius 3 is 3.08 bits per heavy atom. The first-order valence-electron chi connectivity index (χ1n) is 3.52. The van der Waals surface area contributed by atoms with Gasteiger partial charge in [-0.05, 0) is 17.7 Å². The second-order valence-corrected chi connectivity index (χ2v) is 3.30. The highest BCUT2D eigenvalue weighted by Crippen LogP contribution is 2.21. The summed E-state index contributed by atoms with van der Waals surface area (Å²) < 4.78 is 0. The lowest BCUT2D eigenvalue weighted by atomic mass is 10.2. The van der Waals surface area contributed by atoms with Gasteiger partial charge < -0.3 is 4.98 Å². The van der Waals surface area contributed by atoms with Crippen LogP contribution in [0, 0.1) is 0 Å². The van der Waals surface area contributed by atoms with Gasteiger partial charge in [-0.3, -0.25) is 0 Å². The van der Waals surface area contributed by atoms with Crippen LogP contribution in [0.4, 0.5) is 0 Å². The molecule has 0 spiro atoms. The van der Waals surface area contributed by atoms with Gasteiger partial charge in [0.25, 0.3) is 0 Å². The van der Waals surface area contributed by atoms with Gasteiger partial charge in [0.15, 0.2) is 0 Å². The van der Waals surface area contributed by atoms with Gasteiger partial charge in [0.1, 0.15) is 5.52 Å². The van der Waals surface area contributed by atoms with Crippen LogP contribution < -0.4 is 0 Å². The monoisotopic (exact) mass is 198 g/mol. The van der Waals surface area contributed by atoms with E-state index in [4.69, 9.17) is 11.6 Å². The molecule has 0 radical (unpaired) electrons. The average molecular weight is 199 g/mol. The smallest absolute Gasteiger partial charge is 0.102 e. The van der Waals surface area contributed by atoms with E-state index < -0.39 is 0 Å². The SMILES string of the molecule is Sc1cc(CCl)cc2[nH]cnc12. The average Bonchev–Trinajstić information content (AvgIpc) is 2.52. The predicted octanol–water partition coefficient (Wildman–Crippen LogP) is 2.59. The molecule has 2 nitrogen and oxygen atoms in total. The van der Waals surface area contributed by atoms with E-state index in [1.54, 1.807) is 6.33 Å². The minimum Gasteiger partial charge on any atom is -0.345 e. The van der Waals surface area contributed by atoms with Crippen molar-refractivity contribution in [2.45, 2.75) is 10.8 Å². The van der Waals surface area contributed by atoms with Gasteiger partial charge >= 0.3 is 0 Å². The van der Waals surface area contributed by atoms with Crippen LogP contribution in [0.2, 0.25) is 0 Å². The summed E-state index contributed by atoms with van der Waals surface area (Å²) >= 11 is 10.00. The molecule has 62 valence electrons. The van der Waals surface area contributed by atoms with Gasteiger partial charge in [-0.25, -0.2) is 4.98 Å². The number of benzene rings is 1. The van der Waals surface area contributed by atoms with E-state index in [0.717, 1.165) is 21.5 Å². The number of nitrogens with one attached hydrogen (secondary N) is 1. The number of hydrogen-bond acceptors (Lipinski definition) is 2. The van der Waals surface area contributed by atoms with E-state index in [1.165, 1.54) is 0 Å². The third kappa shape index (κ3) is 1.19. The van der Waals surface area contributed by atoms with Crippen LogP contribution in [0.15, 0.2) is 23.4 Å². The fourth-order valence-corrected chi connectivity index (χ4v) is 1.66. The summed E-state index contributed by atoms with van der Waals surface area (Å²) in [6.45, 7) is 0.